The van der Waals surface area contributed by atoms with Crippen molar-refractivity contribution in [3.05, 3.63) is 125 Å². The third-order valence-electron chi connectivity index (χ3n) is 14.6. The molecule has 0 N–H and O–H groups in total. The predicted molar refractivity (Wildman–Crippen MR) is 209 cm³/mol. The van der Waals surface area contributed by atoms with Gasteiger partial charge in [0.25, 0.3) is 0 Å². The average molecular weight is 653 g/mol. The third kappa shape index (κ3) is 4.14. The zero-order chi connectivity index (χ0) is 33.3. The van der Waals surface area contributed by atoms with E-state index < -0.39 is 0 Å². The Morgan fingerprint density at radius 3 is 1.74 bits per heavy atom. The average Bonchev–Trinajstić information content (AvgIpc) is 4.02. The number of fused-ring (bicyclic) bond motifs is 11. The molecule has 5 aromatic carbocycles. The van der Waals surface area contributed by atoms with Crippen molar-refractivity contribution in [1.82, 2.24) is 4.57 Å². The highest BCUT2D eigenvalue weighted by Crippen LogP contribution is 2.56. The van der Waals surface area contributed by atoms with Gasteiger partial charge in [-0.2, -0.15) is 0 Å². The fourth-order valence-corrected chi connectivity index (χ4v) is 12.2. The Morgan fingerprint density at radius 2 is 1.16 bits per heavy atom. The molecule has 0 spiro atoms. The Balaban J connectivity index is 1.02. The molecule has 11 rings (SSSR count). The highest BCUT2D eigenvalue weighted by atomic mass is 15.1. The number of aromatic nitrogens is 1. The van der Waals surface area contributed by atoms with Gasteiger partial charge in [0.15, 0.2) is 0 Å². The van der Waals surface area contributed by atoms with Crippen LogP contribution in [-0.4, -0.2) is 4.57 Å². The van der Waals surface area contributed by atoms with Crippen molar-refractivity contribution >= 4 is 38.9 Å². The summed E-state index contributed by atoms with van der Waals surface area (Å²) >= 11 is 0. The first-order valence-corrected chi connectivity index (χ1v) is 19.6. The monoisotopic (exact) mass is 652 g/mol. The molecule has 1 heterocycles. The molecule has 50 heavy (non-hydrogen) atoms. The molecule has 0 aliphatic heterocycles. The lowest BCUT2D eigenvalue weighted by Gasteiger charge is -2.29. The molecule has 250 valence electrons. The smallest absolute Gasteiger partial charge is 0.0492 e. The quantitative estimate of drug-likeness (QED) is 0.180. The Morgan fingerprint density at radius 1 is 0.580 bits per heavy atom. The van der Waals surface area contributed by atoms with Gasteiger partial charge in [-0.15, -0.1) is 0 Å². The molecule has 2 nitrogen and oxygen atoms in total. The van der Waals surface area contributed by atoms with Gasteiger partial charge in [-0.1, -0.05) is 81.3 Å². The number of hydrogen-bond donors (Lipinski definition) is 0. The maximum Gasteiger partial charge on any atom is 0.0492 e. The molecule has 0 amide bonds. The van der Waals surface area contributed by atoms with Crippen molar-refractivity contribution in [2.24, 2.45) is 30.7 Å². The van der Waals surface area contributed by atoms with Gasteiger partial charge in [-0.05, 0) is 156 Å². The molecular formula is C48H48N2. The van der Waals surface area contributed by atoms with E-state index in [-0.39, 0.29) is 5.41 Å². The maximum absolute atomic E-state index is 2.53. The SMILES string of the molecule is Cn1c2ccccc2c2c3c(ccc21)-c1ccc(N(c2ccc(C4CC5CCC4C5)cc2)c2ccc(C4CC5CCC4C5)cc2)cc1C3(C)C. The van der Waals surface area contributed by atoms with Crippen molar-refractivity contribution in [2.45, 2.75) is 82.5 Å². The molecule has 5 aliphatic carbocycles. The van der Waals surface area contributed by atoms with Gasteiger partial charge in [0.1, 0.15) is 0 Å². The van der Waals surface area contributed by atoms with Gasteiger partial charge < -0.3 is 9.47 Å². The summed E-state index contributed by atoms with van der Waals surface area (Å²) in [5.74, 6) is 5.22. The maximum atomic E-state index is 2.53. The van der Waals surface area contributed by atoms with Gasteiger partial charge in [-0.25, -0.2) is 0 Å². The summed E-state index contributed by atoms with van der Waals surface area (Å²) in [7, 11) is 2.22. The van der Waals surface area contributed by atoms with E-state index in [1.54, 1.807) is 11.1 Å². The zero-order valence-electron chi connectivity index (χ0n) is 29.8. The summed E-state index contributed by atoms with van der Waals surface area (Å²) in [6, 6.07) is 40.5. The second-order valence-corrected chi connectivity index (χ2v) is 17.4. The van der Waals surface area contributed by atoms with Crippen molar-refractivity contribution in [3.63, 3.8) is 0 Å². The minimum absolute atomic E-state index is 0.132. The molecule has 6 unspecified atom stereocenters. The Labute approximate surface area is 297 Å². The van der Waals surface area contributed by atoms with Gasteiger partial charge in [-0.3, -0.25) is 0 Å². The van der Waals surface area contributed by atoms with E-state index in [4.69, 9.17) is 0 Å². The molecule has 0 radical (unpaired) electrons. The fraction of sp³-hybridized carbons (Fsp3) is 0.375. The zero-order valence-corrected chi connectivity index (χ0v) is 29.8. The standard InChI is InChI=1S/C48H48N2/c1-48(2)43-28-37(20-21-38(43)39-22-23-45-46(47(39)48)40-6-4-5-7-44(40)49(45)3)50(35-16-12-31(13-17-35)41-26-29-8-10-33(41)24-29)36-18-14-32(15-19-36)42-27-30-9-11-34(42)25-30/h4-7,12-23,28-30,33-34,41-42H,8-11,24-27H2,1-3H3. The van der Waals surface area contributed by atoms with E-state index in [0.717, 1.165) is 35.5 Å². The Bertz CT molecular complexity index is 2230. The normalized spacial score (nSPS) is 27.0. The molecule has 2 heteroatoms. The number of para-hydroxylation sites is 1. The van der Waals surface area contributed by atoms with Gasteiger partial charge in [0, 0.05) is 51.3 Å². The van der Waals surface area contributed by atoms with Crippen LogP contribution in [-0.2, 0) is 12.5 Å². The topological polar surface area (TPSA) is 8.17 Å². The van der Waals surface area contributed by atoms with Crippen molar-refractivity contribution in [2.75, 3.05) is 4.90 Å². The summed E-state index contributed by atoms with van der Waals surface area (Å²) in [4.78, 5) is 2.53. The van der Waals surface area contributed by atoms with Crippen LogP contribution in [0.5, 0.6) is 0 Å². The molecule has 6 aromatic rings. The van der Waals surface area contributed by atoms with Crippen LogP contribution >= 0.6 is 0 Å². The van der Waals surface area contributed by atoms with Crippen molar-refractivity contribution < 1.29 is 0 Å². The molecule has 5 aliphatic rings. The van der Waals surface area contributed by atoms with E-state index in [9.17, 15) is 0 Å². The summed E-state index contributed by atoms with van der Waals surface area (Å²) in [6.45, 7) is 4.89. The summed E-state index contributed by atoms with van der Waals surface area (Å²) in [6.07, 6.45) is 11.4. The minimum Gasteiger partial charge on any atom is -0.344 e. The van der Waals surface area contributed by atoms with Crippen LogP contribution in [0.1, 0.15) is 99.3 Å². The second-order valence-electron chi connectivity index (χ2n) is 17.4. The molecule has 4 fully saturated rings. The summed E-state index contributed by atoms with van der Waals surface area (Å²) in [5.41, 5.74) is 15.0. The number of anilines is 3. The predicted octanol–water partition coefficient (Wildman–Crippen LogP) is 12.9. The minimum atomic E-state index is -0.132. The van der Waals surface area contributed by atoms with Crippen LogP contribution in [0.2, 0.25) is 0 Å². The van der Waals surface area contributed by atoms with E-state index in [1.807, 2.05) is 0 Å². The molecule has 0 saturated heterocycles. The number of hydrogen-bond acceptors (Lipinski definition) is 1. The summed E-state index contributed by atoms with van der Waals surface area (Å²) < 4.78 is 2.37. The van der Waals surface area contributed by atoms with Crippen LogP contribution in [0.4, 0.5) is 17.1 Å². The number of nitrogens with zero attached hydrogens (tertiary/aromatic N) is 2. The summed E-state index contributed by atoms with van der Waals surface area (Å²) in [5, 5.41) is 2.77. The lowest BCUT2D eigenvalue weighted by atomic mass is 9.80. The van der Waals surface area contributed by atoms with E-state index in [0.29, 0.717) is 0 Å². The van der Waals surface area contributed by atoms with Crippen molar-refractivity contribution in [1.29, 1.82) is 0 Å². The highest BCUT2D eigenvalue weighted by Gasteiger charge is 2.42. The third-order valence-corrected chi connectivity index (χ3v) is 14.6. The first-order chi connectivity index (χ1) is 24.4. The molecule has 4 saturated carbocycles. The molecule has 6 atom stereocenters. The van der Waals surface area contributed by atoms with Crippen LogP contribution in [0.15, 0.2) is 103 Å². The molecule has 4 bridgehead atoms. The number of rotatable bonds is 5. The lowest BCUT2D eigenvalue weighted by molar-refractivity contribution is 0.420. The first-order valence-electron chi connectivity index (χ1n) is 19.6. The Kier molecular flexibility index (Phi) is 6.25. The fourth-order valence-electron chi connectivity index (χ4n) is 12.2. The van der Waals surface area contributed by atoms with Crippen LogP contribution in [0, 0.1) is 23.7 Å². The van der Waals surface area contributed by atoms with Crippen LogP contribution < -0.4 is 4.90 Å². The second kappa shape index (κ2) is 10.6. The number of aryl methyl sites for hydroxylation is 1. The van der Waals surface area contributed by atoms with E-state index in [2.05, 4.69) is 133 Å². The number of benzene rings is 5. The largest absolute Gasteiger partial charge is 0.344 e. The van der Waals surface area contributed by atoms with E-state index >= 15 is 0 Å². The highest BCUT2D eigenvalue weighted by molar-refractivity contribution is 6.13. The van der Waals surface area contributed by atoms with Crippen LogP contribution in [0.3, 0.4) is 0 Å². The van der Waals surface area contributed by atoms with Gasteiger partial charge >= 0.3 is 0 Å². The Hall–Kier alpha value is -4.30. The molecule has 1 aromatic heterocycles. The molecular weight excluding hydrogens is 605 g/mol. The van der Waals surface area contributed by atoms with E-state index in [1.165, 1.54) is 112 Å². The van der Waals surface area contributed by atoms with Crippen LogP contribution in [0.25, 0.3) is 32.9 Å². The van der Waals surface area contributed by atoms with Gasteiger partial charge in [0.2, 0.25) is 0 Å². The first kappa shape index (κ1) is 29.4. The van der Waals surface area contributed by atoms with Crippen molar-refractivity contribution in [3.8, 4) is 11.1 Å². The lowest BCUT2D eigenvalue weighted by Crippen LogP contribution is -2.17. The van der Waals surface area contributed by atoms with Gasteiger partial charge in [0.05, 0.1) is 0 Å².